The highest BCUT2D eigenvalue weighted by Crippen LogP contribution is 2.22. The van der Waals surface area contributed by atoms with E-state index in [9.17, 15) is 4.79 Å². The van der Waals surface area contributed by atoms with Crippen molar-refractivity contribution in [2.24, 2.45) is 0 Å². The van der Waals surface area contributed by atoms with Gasteiger partial charge in [0.15, 0.2) is 6.54 Å². The molecule has 0 saturated carbocycles. The number of aryl methyl sites for hydroxylation is 2. The van der Waals surface area contributed by atoms with Crippen molar-refractivity contribution in [1.82, 2.24) is 0 Å². The van der Waals surface area contributed by atoms with Gasteiger partial charge in [0.1, 0.15) is 0 Å². The summed E-state index contributed by atoms with van der Waals surface area (Å²) in [7, 11) is 0. The van der Waals surface area contributed by atoms with Gasteiger partial charge < -0.3 is 15.1 Å². The van der Waals surface area contributed by atoms with Crippen LogP contribution in [0.5, 0.6) is 0 Å². The fourth-order valence-electron chi connectivity index (χ4n) is 3.39. The maximum Gasteiger partial charge on any atom is 0.279 e. The second-order valence-electron chi connectivity index (χ2n) is 7.05. The van der Waals surface area contributed by atoms with Gasteiger partial charge in [-0.2, -0.15) is 0 Å². The van der Waals surface area contributed by atoms with E-state index in [1.54, 1.807) is 0 Å². The van der Waals surface area contributed by atoms with Crippen molar-refractivity contribution in [2.75, 3.05) is 42.9 Å². The molecule has 4 heteroatoms. The standard InChI is InChI=1S/C21H27N3O/c1-16-7-9-19(10-8-16)22-21(25)15-23-11-13-24(14-12-23)20-6-4-5-17(2)18(20)3/h4-10H,11-15H2,1-3H3,(H,22,25)/p+1. The lowest BCUT2D eigenvalue weighted by Crippen LogP contribution is -3.15. The number of hydrogen-bond acceptors (Lipinski definition) is 2. The molecule has 1 fully saturated rings. The van der Waals surface area contributed by atoms with Crippen molar-refractivity contribution in [3.63, 3.8) is 0 Å². The molecule has 0 aliphatic carbocycles. The van der Waals surface area contributed by atoms with Crippen molar-refractivity contribution in [3.05, 3.63) is 59.2 Å². The number of benzene rings is 2. The highest BCUT2D eigenvalue weighted by atomic mass is 16.2. The number of anilines is 2. The third-order valence-electron chi connectivity index (χ3n) is 5.13. The molecule has 132 valence electrons. The van der Waals surface area contributed by atoms with E-state index in [-0.39, 0.29) is 5.91 Å². The summed E-state index contributed by atoms with van der Waals surface area (Å²) < 4.78 is 0. The molecule has 1 amide bonds. The second-order valence-corrected chi connectivity index (χ2v) is 7.05. The molecule has 0 aromatic heterocycles. The monoisotopic (exact) mass is 338 g/mol. The molecule has 25 heavy (non-hydrogen) atoms. The normalized spacial score (nSPS) is 15.2. The minimum Gasteiger partial charge on any atom is -0.360 e. The number of nitrogens with one attached hydrogen (secondary N) is 2. The van der Waals surface area contributed by atoms with E-state index in [1.807, 2.05) is 31.2 Å². The van der Waals surface area contributed by atoms with Gasteiger partial charge in [-0.1, -0.05) is 29.8 Å². The van der Waals surface area contributed by atoms with Crippen molar-refractivity contribution < 1.29 is 9.69 Å². The van der Waals surface area contributed by atoms with Crippen LogP contribution in [0.1, 0.15) is 16.7 Å². The molecule has 0 spiro atoms. The first-order valence-electron chi connectivity index (χ1n) is 9.04. The summed E-state index contributed by atoms with van der Waals surface area (Å²) in [5.41, 5.74) is 6.12. The maximum atomic E-state index is 12.3. The van der Waals surface area contributed by atoms with Crippen LogP contribution in [0.15, 0.2) is 42.5 Å². The Kier molecular flexibility index (Phi) is 5.39. The molecular formula is C21H28N3O+. The summed E-state index contributed by atoms with van der Waals surface area (Å²) >= 11 is 0. The lowest BCUT2D eigenvalue weighted by atomic mass is 10.1. The van der Waals surface area contributed by atoms with Crippen LogP contribution in [-0.4, -0.2) is 38.6 Å². The van der Waals surface area contributed by atoms with Crippen LogP contribution in [-0.2, 0) is 4.79 Å². The first-order chi connectivity index (χ1) is 12.0. The van der Waals surface area contributed by atoms with Crippen molar-refractivity contribution >= 4 is 17.3 Å². The summed E-state index contributed by atoms with van der Waals surface area (Å²) in [6.45, 7) is 10.9. The Morgan fingerprint density at radius 2 is 1.72 bits per heavy atom. The molecule has 2 N–H and O–H groups in total. The van der Waals surface area contributed by atoms with Crippen molar-refractivity contribution in [3.8, 4) is 0 Å². The van der Waals surface area contributed by atoms with E-state index >= 15 is 0 Å². The summed E-state index contributed by atoms with van der Waals surface area (Å²) in [6, 6.07) is 14.5. The topological polar surface area (TPSA) is 36.8 Å². The van der Waals surface area contributed by atoms with E-state index in [1.165, 1.54) is 27.3 Å². The molecule has 0 radical (unpaired) electrons. The molecule has 4 nitrogen and oxygen atoms in total. The first-order valence-corrected chi connectivity index (χ1v) is 9.04. The van der Waals surface area contributed by atoms with Gasteiger partial charge in [0.2, 0.25) is 0 Å². The van der Waals surface area contributed by atoms with E-state index in [0.29, 0.717) is 6.54 Å². The molecule has 1 heterocycles. The fraction of sp³-hybridized carbons (Fsp3) is 0.381. The van der Waals surface area contributed by atoms with Crippen LogP contribution >= 0.6 is 0 Å². The molecule has 0 atom stereocenters. The van der Waals surface area contributed by atoms with Gasteiger partial charge in [0, 0.05) is 11.4 Å². The number of piperazine rings is 1. The number of nitrogens with zero attached hydrogens (tertiary/aromatic N) is 1. The quantitative estimate of drug-likeness (QED) is 0.894. The Morgan fingerprint density at radius 3 is 2.40 bits per heavy atom. The minimum absolute atomic E-state index is 0.0963. The molecule has 2 aromatic rings. The summed E-state index contributed by atoms with van der Waals surface area (Å²) in [4.78, 5) is 16.1. The first kappa shape index (κ1) is 17.5. The minimum atomic E-state index is 0.0963. The zero-order valence-electron chi connectivity index (χ0n) is 15.4. The zero-order chi connectivity index (χ0) is 17.8. The van der Waals surface area contributed by atoms with E-state index in [4.69, 9.17) is 0 Å². The highest BCUT2D eigenvalue weighted by Gasteiger charge is 2.23. The Morgan fingerprint density at radius 1 is 1.04 bits per heavy atom. The van der Waals surface area contributed by atoms with Gasteiger partial charge in [-0.25, -0.2) is 0 Å². The SMILES string of the molecule is Cc1ccc(NC(=O)C[NH+]2CCN(c3cccc(C)c3C)CC2)cc1. The lowest BCUT2D eigenvalue weighted by molar-refractivity contribution is -0.892. The molecule has 3 rings (SSSR count). The molecule has 0 bridgehead atoms. The molecule has 0 unspecified atom stereocenters. The van der Waals surface area contributed by atoms with E-state index in [0.717, 1.165) is 31.9 Å². The highest BCUT2D eigenvalue weighted by molar-refractivity contribution is 5.91. The van der Waals surface area contributed by atoms with Crippen LogP contribution in [0.25, 0.3) is 0 Å². The maximum absolute atomic E-state index is 12.3. The Labute approximate surface area is 150 Å². The molecule has 1 aliphatic heterocycles. The van der Waals surface area contributed by atoms with Crippen molar-refractivity contribution in [1.29, 1.82) is 0 Å². The molecule has 1 aliphatic rings. The van der Waals surface area contributed by atoms with Gasteiger partial charge >= 0.3 is 0 Å². The van der Waals surface area contributed by atoms with Gasteiger partial charge in [0.25, 0.3) is 5.91 Å². The fourth-order valence-corrected chi connectivity index (χ4v) is 3.39. The summed E-state index contributed by atoms with van der Waals surface area (Å²) in [5, 5.41) is 3.00. The third kappa shape index (κ3) is 4.40. The zero-order valence-corrected chi connectivity index (χ0v) is 15.4. The lowest BCUT2D eigenvalue weighted by Gasteiger charge is -2.34. The third-order valence-corrected chi connectivity index (χ3v) is 5.13. The number of amides is 1. The number of rotatable bonds is 4. The predicted octanol–water partition coefficient (Wildman–Crippen LogP) is 1.96. The number of carbonyl (C=O) groups is 1. The van der Waals surface area contributed by atoms with Gasteiger partial charge in [0.05, 0.1) is 26.2 Å². The van der Waals surface area contributed by atoms with E-state index in [2.05, 4.69) is 42.3 Å². The van der Waals surface area contributed by atoms with Crippen LogP contribution in [0.4, 0.5) is 11.4 Å². The van der Waals surface area contributed by atoms with Gasteiger partial charge in [-0.3, -0.25) is 4.79 Å². The van der Waals surface area contributed by atoms with Gasteiger partial charge in [-0.05, 0) is 50.1 Å². The van der Waals surface area contributed by atoms with Crippen molar-refractivity contribution in [2.45, 2.75) is 20.8 Å². The van der Waals surface area contributed by atoms with Crippen LogP contribution in [0.3, 0.4) is 0 Å². The van der Waals surface area contributed by atoms with E-state index < -0.39 is 0 Å². The second kappa shape index (κ2) is 7.70. The van der Waals surface area contributed by atoms with Gasteiger partial charge in [-0.15, -0.1) is 0 Å². The average molecular weight is 338 g/mol. The van der Waals surface area contributed by atoms with Crippen LogP contribution < -0.4 is 15.1 Å². The molecule has 1 saturated heterocycles. The molecular weight excluding hydrogens is 310 g/mol. The Balaban J connectivity index is 1.51. The number of hydrogen-bond donors (Lipinski definition) is 2. The average Bonchev–Trinajstić information content (AvgIpc) is 2.60. The van der Waals surface area contributed by atoms with Crippen LogP contribution in [0, 0.1) is 20.8 Å². The Bertz CT molecular complexity index is 731. The summed E-state index contributed by atoms with van der Waals surface area (Å²) in [6.07, 6.45) is 0. The van der Waals surface area contributed by atoms with Crippen LogP contribution in [0.2, 0.25) is 0 Å². The summed E-state index contributed by atoms with van der Waals surface area (Å²) in [5.74, 6) is 0.0963. The Hall–Kier alpha value is -2.33. The predicted molar refractivity (Wildman–Crippen MR) is 104 cm³/mol. The number of carbonyl (C=O) groups excluding carboxylic acids is 1. The largest absolute Gasteiger partial charge is 0.360 e. The molecule has 2 aromatic carbocycles. The smallest absolute Gasteiger partial charge is 0.279 e. The number of quaternary nitrogens is 1.